The largest absolute Gasteiger partial charge is 0.457 e. The minimum atomic E-state index is -0.480. The van der Waals surface area contributed by atoms with E-state index in [1.165, 1.54) is 16.7 Å². The van der Waals surface area contributed by atoms with E-state index in [2.05, 4.69) is 72.8 Å². The molecule has 0 N–H and O–H groups in total. The Balaban J connectivity index is 1.66. The summed E-state index contributed by atoms with van der Waals surface area (Å²) in [6, 6.07) is 33.8. The lowest BCUT2D eigenvalue weighted by Crippen LogP contribution is -2.38. The van der Waals surface area contributed by atoms with Crippen LogP contribution in [0.25, 0.3) is 5.57 Å². The second-order valence-electron chi connectivity index (χ2n) is 8.92. The molecule has 3 unspecified atom stereocenters. The van der Waals surface area contributed by atoms with Crippen molar-refractivity contribution >= 4 is 17.2 Å². The van der Waals surface area contributed by atoms with Crippen molar-refractivity contribution in [1.29, 1.82) is 5.26 Å². The van der Waals surface area contributed by atoms with Gasteiger partial charge in [0.25, 0.3) is 0 Å². The van der Waals surface area contributed by atoms with Gasteiger partial charge in [0.15, 0.2) is 0 Å². The van der Waals surface area contributed by atoms with Crippen LogP contribution < -0.4 is 4.74 Å². The zero-order valence-electron chi connectivity index (χ0n) is 17.6. The van der Waals surface area contributed by atoms with Crippen LogP contribution >= 0.6 is 11.6 Å². The number of rotatable bonds is 0. The molecule has 4 aromatic rings. The molecule has 156 valence electrons. The van der Waals surface area contributed by atoms with Gasteiger partial charge in [0.05, 0.1) is 17.1 Å². The zero-order chi connectivity index (χ0) is 22.2. The highest BCUT2D eigenvalue weighted by atomic mass is 35.5. The van der Waals surface area contributed by atoms with E-state index in [0.717, 1.165) is 33.8 Å². The molecule has 0 radical (unpaired) electrons. The molecule has 0 saturated carbocycles. The van der Waals surface area contributed by atoms with Crippen LogP contribution in [-0.4, -0.2) is 0 Å². The van der Waals surface area contributed by atoms with Crippen molar-refractivity contribution in [3.63, 3.8) is 0 Å². The second-order valence-corrected chi connectivity index (χ2v) is 9.35. The van der Waals surface area contributed by atoms with Crippen LogP contribution in [0.5, 0.6) is 11.5 Å². The maximum absolute atomic E-state index is 10.1. The first-order chi connectivity index (χ1) is 16.2. The van der Waals surface area contributed by atoms with E-state index >= 15 is 0 Å². The van der Waals surface area contributed by atoms with E-state index in [-0.39, 0.29) is 11.8 Å². The van der Waals surface area contributed by atoms with Crippen LogP contribution in [0.1, 0.15) is 39.3 Å². The first-order valence-electron chi connectivity index (χ1n) is 11.1. The summed E-state index contributed by atoms with van der Waals surface area (Å²) >= 11 is 6.41. The summed E-state index contributed by atoms with van der Waals surface area (Å²) in [5.41, 5.74) is 7.30. The van der Waals surface area contributed by atoms with E-state index in [0.29, 0.717) is 5.02 Å². The van der Waals surface area contributed by atoms with Crippen LogP contribution in [0.15, 0.2) is 97.1 Å². The van der Waals surface area contributed by atoms with Gasteiger partial charge >= 0.3 is 0 Å². The van der Waals surface area contributed by atoms with Gasteiger partial charge in [-0.05, 0) is 40.5 Å². The lowest BCUT2D eigenvalue weighted by Gasteiger charge is -2.44. The molecule has 0 saturated heterocycles. The maximum Gasteiger partial charge on any atom is 0.133 e. The standard InChI is InChI=1S/C30H18ClNO/c31-19-13-14-25-28(16-19)33-27-12-6-5-11-24(27)30(25)23-10-4-3-9-22(23)29-21-8-2-1-7-20(21)18(17-32)15-26(29)30/h1-16,26,29H. The summed E-state index contributed by atoms with van der Waals surface area (Å²) < 4.78 is 6.39. The van der Waals surface area contributed by atoms with E-state index in [4.69, 9.17) is 16.3 Å². The smallest absolute Gasteiger partial charge is 0.133 e. The number of benzene rings is 4. The Hall–Kier alpha value is -3.80. The Bertz CT molecular complexity index is 1550. The van der Waals surface area contributed by atoms with E-state index in [1.807, 2.05) is 30.3 Å². The minimum absolute atomic E-state index is 0.0319. The Morgan fingerprint density at radius 1 is 0.758 bits per heavy atom. The highest BCUT2D eigenvalue weighted by Gasteiger charge is 2.58. The third-order valence-corrected chi connectivity index (χ3v) is 7.77. The van der Waals surface area contributed by atoms with Crippen molar-refractivity contribution < 1.29 is 4.74 Å². The molecule has 1 heterocycles. The van der Waals surface area contributed by atoms with Gasteiger partial charge in [0.2, 0.25) is 0 Å². The fraction of sp³-hybridized carbons (Fsp3) is 0.100. The van der Waals surface area contributed by atoms with Crippen molar-refractivity contribution in [3.05, 3.63) is 135 Å². The maximum atomic E-state index is 10.1. The van der Waals surface area contributed by atoms with Crippen molar-refractivity contribution in [1.82, 2.24) is 0 Å². The van der Waals surface area contributed by atoms with Crippen LogP contribution in [0.4, 0.5) is 0 Å². The average molecular weight is 444 g/mol. The Morgan fingerprint density at radius 2 is 1.45 bits per heavy atom. The van der Waals surface area contributed by atoms with Crippen molar-refractivity contribution in [2.45, 2.75) is 11.3 Å². The molecule has 0 bridgehead atoms. The number of hydrogen-bond acceptors (Lipinski definition) is 2. The normalized spacial score (nSPS) is 23.2. The van der Waals surface area contributed by atoms with Crippen LogP contribution in [0, 0.1) is 17.2 Å². The molecule has 1 aliphatic heterocycles. The molecule has 3 aliphatic rings. The van der Waals surface area contributed by atoms with E-state index in [1.54, 1.807) is 0 Å². The minimum Gasteiger partial charge on any atom is -0.457 e. The van der Waals surface area contributed by atoms with Gasteiger partial charge in [-0.15, -0.1) is 0 Å². The van der Waals surface area contributed by atoms with Crippen molar-refractivity contribution in [2.75, 3.05) is 0 Å². The molecule has 7 rings (SSSR count). The van der Waals surface area contributed by atoms with Gasteiger partial charge in [-0.2, -0.15) is 5.26 Å². The summed E-state index contributed by atoms with van der Waals surface area (Å²) in [4.78, 5) is 0. The average Bonchev–Trinajstić information content (AvgIpc) is 3.14. The number of nitriles is 1. The zero-order valence-corrected chi connectivity index (χ0v) is 18.4. The van der Waals surface area contributed by atoms with E-state index < -0.39 is 5.41 Å². The SMILES string of the molecule is N#CC1=CC2C(c3ccccc31)c1ccccc1C21c2ccccc2Oc2cc(Cl)ccc21. The molecule has 3 heteroatoms. The summed E-state index contributed by atoms with van der Waals surface area (Å²) in [5.74, 6) is 1.80. The first-order valence-corrected chi connectivity index (χ1v) is 11.5. The molecular formula is C30H18ClNO. The molecule has 0 amide bonds. The Labute approximate surface area is 197 Å². The number of ether oxygens (including phenoxy) is 1. The Morgan fingerprint density at radius 3 is 2.30 bits per heavy atom. The molecule has 0 aromatic heterocycles. The molecule has 1 spiro atoms. The highest BCUT2D eigenvalue weighted by Crippen LogP contribution is 2.66. The van der Waals surface area contributed by atoms with Crippen LogP contribution in [0.2, 0.25) is 5.02 Å². The predicted molar refractivity (Wildman–Crippen MR) is 130 cm³/mol. The Kier molecular flexibility index (Phi) is 3.75. The van der Waals surface area contributed by atoms with Gasteiger partial charge in [0.1, 0.15) is 11.5 Å². The quantitative estimate of drug-likeness (QED) is 0.282. The topological polar surface area (TPSA) is 33.0 Å². The number of allylic oxidation sites excluding steroid dienone is 2. The lowest BCUT2D eigenvalue weighted by atomic mass is 9.60. The van der Waals surface area contributed by atoms with E-state index in [9.17, 15) is 5.26 Å². The van der Waals surface area contributed by atoms with Gasteiger partial charge in [-0.25, -0.2) is 0 Å². The van der Waals surface area contributed by atoms with Gasteiger partial charge in [-0.1, -0.05) is 90.5 Å². The summed E-state index contributed by atoms with van der Waals surface area (Å²) in [5, 5.41) is 10.8. The van der Waals surface area contributed by atoms with Crippen molar-refractivity contribution in [3.8, 4) is 17.6 Å². The number of fused-ring (bicyclic) bond motifs is 11. The lowest BCUT2D eigenvalue weighted by molar-refractivity contribution is 0.372. The second kappa shape index (κ2) is 6.61. The van der Waals surface area contributed by atoms with Gasteiger partial charge in [0, 0.05) is 28.0 Å². The van der Waals surface area contributed by atoms with Crippen LogP contribution in [0.3, 0.4) is 0 Å². The van der Waals surface area contributed by atoms with Gasteiger partial charge < -0.3 is 4.74 Å². The predicted octanol–water partition coefficient (Wildman–Crippen LogP) is 7.46. The number of para-hydroxylation sites is 1. The third kappa shape index (κ3) is 2.28. The number of nitrogens with zero attached hydrogens (tertiary/aromatic N) is 1. The molecule has 3 atom stereocenters. The number of hydrogen-bond donors (Lipinski definition) is 0. The molecule has 2 nitrogen and oxygen atoms in total. The summed E-state index contributed by atoms with van der Waals surface area (Å²) in [7, 11) is 0. The molecule has 2 aliphatic carbocycles. The molecule has 4 aromatic carbocycles. The fourth-order valence-electron chi connectivity index (χ4n) is 6.41. The van der Waals surface area contributed by atoms with Gasteiger partial charge in [-0.3, -0.25) is 0 Å². The highest BCUT2D eigenvalue weighted by molar-refractivity contribution is 6.30. The summed E-state index contributed by atoms with van der Waals surface area (Å²) in [6.45, 7) is 0. The fourth-order valence-corrected chi connectivity index (χ4v) is 6.58. The summed E-state index contributed by atoms with van der Waals surface area (Å²) in [6.07, 6.45) is 2.20. The van der Waals surface area contributed by atoms with Crippen molar-refractivity contribution in [2.24, 2.45) is 5.92 Å². The van der Waals surface area contributed by atoms with Crippen LogP contribution in [-0.2, 0) is 5.41 Å². The molecular weight excluding hydrogens is 426 g/mol. The molecule has 0 fully saturated rings. The third-order valence-electron chi connectivity index (χ3n) is 7.53. The first kappa shape index (κ1) is 18.7. The molecule has 33 heavy (non-hydrogen) atoms. The monoisotopic (exact) mass is 443 g/mol. The number of halogens is 1.